The van der Waals surface area contributed by atoms with Crippen LogP contribution in [0.5, 0.6) is 0 Å². The minimum Gasteiger partial charge on any atom is -0.333 e. The topological polar surface area (TPSA) is 76.3 Å². The van der Waals surface area contributed by atoms with E-state index in [1.165, 1.54) is 0 Å². The molecule has 0 saturated heterocycles. The quantitative estimate of drug-likeness (QED) is 0.239. The van der Waals surface area contributed by atoms with Gasteiger partial charge in [0.15, 0.2) is 0 Å². The molecule has 2 aromatic carbocycles. The van der Waals surface area contributed by atoms with Crippen LogP contribution in [-0.2, 0) is 24.1 Å². The maximum Gasteiger partial charge on any atom is 0.416 e. The van der Waals surface area contributed by atoms with Crippen LogP contribution < -0.4 is 0 Å². The van der Waals surface area contributed by atoms with E-state index in [0.29, 0.717) is 12.6 Å². The molecule has 0 N–H and O–H groups in total. The van der Waals surface area contributed by atoms with E-state index in [4.69, 9.17) is 0 Å². The van der Waals surface area contributed by atoms with Gasteiger partial charge in [-0.05, 0) is 41.8 Å². The van der Waals surface area contributed by atoms with Crippen molar-refractivity contribution < 1.29 is 22.9 Å². The molecule has 0 fully saturated rings. The summed E-state index contributed by atoms with van der Waals surface area (Å²) in [7, 11) is 0. The second-order valence-electron chi connectivity index (χ2n) is 7.26. The van der Waals surface area contributed by atoms with Crippen molar-refractivity contribution in [2.75, 3.05) is 5.75 Å². The van der Waals surface area contributed by atoms with Gasteiger partial charge in [-0.2, -0.15) is 13.2 Å². The zero-order valence-corrected chi connectivity index (χ0v) is 18.4. The third kappa shape index (κ3) is 6.55. The van der Waals surface area contributed by atoms with Gasteiger partial charge in [0.2, 0.25) is 5.91 Å². The first-order chi connectivity index (χ1) is 15.6. The van der Waals surface area contributed by atoms with Crippen LogP contribution >= 0.6 is 11.8 Å². The number of pyridine rings is 1. The van der Waals surface area contributed by atoms with Crippen LogP contribution in [0.15, 0.2) is 71.9 Å². The lowest BCUT2D eigenvalue weighted by Gasteiger charge is -2.24. The van der Waals surface area contributed by atoms with Crippen LogP contribution in [0.2, 0.25) is 0 Å². The maximum absolute atomic E-state index is 13.1. The Balaban J connectivity index is 1.80. The second kappa shape index (κ2) is 10.5. The van der Waals surface area contributed by atoms with Crippen LogP contribution in [0.1, 0.15) is 22.3 Å². The van der Waals surface area contributed by atoms with Crippen LogP contribution in [-0.4, -0.2) is 26.5 Å². The number of carbonyl (C=O) groups is 1. The molecule has 0 saturated carbocycles. The molecule has 0 unspecified atom stereocenters. The number of amides is 1. The number of hydrogen-bond donors (Lipinski definition) is 0. The van der Waals surface area contributed by atoms with E-state index in [1.54, 1.807) is 23.4 Å². The van der Waals surface area contributed by atoms with Gasteiger partial charge in [-0.25, -0.2) is 0 Å². The number of halogens is 3. The monoisotopic (exact) mass is 475 g/mol. The Morgan fingerprint density at radius 3 is 2.52 bits per heavy atom. The third-order valence-corrected chi connectivity index (χ3v) is 5.95. The highest BCUT2D eigenvalue weighted by atomic mass is 32.2. The van der Waals surface area contributed by atoms with Gasteiger partial charge in [0.1, 0.15) is 0 Å². The Bertz CT molecular complexity index is 1140. The molecule has 0 radical (unpaired) electrons. The van der Waals surface area contributed by atoms with Crippen LogP contribution in [0.25, 0.3) is 0 Å². The van der Waals surface area contributed by atoms with E-state index in [1.807, 2.05) is 37.3 Å². The van der Waals surface area contributed by atoms with Crippen LogP contribution in [0.4, 0.5) is 18.9 Å². The molecule has 1 aromatic heterocycles. The number of rotatable bonds is 8. The predicted molar refractivity (Wildman–Crippen MR) is 118 cm³/mol. The van der Waals surface area contributed by atoms with Gasteiger partial charge in [-0.15, -0.1) is 11.8 Å². The van der Waals surface area contributed by atoms with E-state index >= 15 is 0 Å². The molecule has 0 atom stereocenters. The first kappa shape index (κ1) is 24.2. The van der Waals surface area contributed by atoms with Gasteiger partial charge in [0, 0.05) is 31.5 Å². The highest BCUT2D eigenvalue weighted by molar-refractivity contribution is 8.00. The molecule has 0 aliphatic rings. The first-order valence-corrected chi connectivity index (χ1v) is 10.8. The van der Waals surface area contributed by atoms with Crippen molar-refractivity contribution in [1.82, 2.24) is 9.88 Å². The molecule has 0 bridgehead atoms. The van der Waals surface area contributed by atoms with Crippen molar-refractivity contribution >= 4 is 23.4 Å². The number of aryl methyl sites for hydroxylation is 1. The highest BCUT2D eigenvalue weighted by Gasteiger charge is 2.33. The molecule has 3 rings (SSSR count). The summed E-state index contributed by atoms with van der Waals surface area (Å²) >= 11 is 0.841. The molecule has 172 valence electrons. The number of benzene rings is 2. The van der Waals surface area contributed by atoms with Gasteiger partial charge in [0.05, 0.1) is 21.1 Å². The van der Waals surface area contributed by atoms with Crippen molar-refractivity contribution in [1.29, 1.82) is 0 Å². The number of nitrogens with zero attached hydrogens (tertiary/aromatic N) is 3. The lowest BCUT2D eigenvalue weighted by atomic mass is 10.1. The normalized spacial score (nSPS) is 11.3. The van der Waals surface area contributed by atoms with Crippen LogP contribution in [0, 0.1) is 17.0 Å². The molecule has 0 spiro atoms. The van der Waals surface area contributed by atoms with E-state index in [2.05, 4.69) is 4.98 Å². The summed E-state index contributed by atoms with van der Waals surface area (Å²) in [6, 6.07) is 13.5. The number of nitro groups is 1. The van der Waals surface area contributed by atoms with Crippen molar-refractivity contribution in [3.8, 4) is 0 Å². The molecule has 0 aliphatic heterocycles. The van der Waals surface area contributed by atoms with Gasteiger partial charge in [0.25, 0.3) is 5.69 Å². The average Bonchev–Trinajstić information content (AvgIpc) is 2.78. The van der Waals surface area contributed by atoms with E-state index in [0.717, 1.165) is 40.6 Å². The zero-order valence-electron chi connectivity index (χ0n) is 17.6. The Morgan fingerprint density at radius 2 is 1.88 bits per heavy atom. The van der Waals surface area contributed by atoms with Crippen molar-refractivity contribution in [3.63, 3.8) is 0 Å². The van der Waals surface area contributed by atoms with Crippen LogP contribution in [0.3, 0.4) is 0 Å². The number of nitro benzene ring substituents is 1. The largest absolute Gasteiger partial charge is 0.416 e. The second-order valence-corrected chi connectivity index (χ2v) is 8.28. The number of aromatic nitrogens is 1. The molecule has 33 heavy (non-hydrogen) atoms. The van der Waals surface area contributed by atoms with E-state index in [9.17, 15) is 28.1 Å². The van der Waals surface area contributed by atoms with E-state index < -0.39 is 22.4 Å². The predicted octanol–water partition coefficient (Wildman–Crippen LogP) is 5.64. The molecule has 1 heterocycles. The molecule has 3 aromatic rings. The molecular weight excluding hydrogens is 455 g/mol. The molecule has 1 amide bonds. The Morgan fingerprint density at radius 1 is 1.12 bits per heavy atom. The van der Waals surface area contributed by atoms with Gasteiger partial charge in [-0.1, -0.05) is 30.3 Å². The van der Waals surface area contributed by atoms with Gasteiger partial charge in [-0.3, -0.25) is 19.9 Å². The third-order valence-electron chi connectivity index (χ3n) is 4.91. The molecule has 10 heteroatoms. The molecule has 0 aliphatic carbocycles. The summed E-state index contributed by atoms with van der Waals surface area (Å²) in [5.41, 5.74) is 0.973. The SMILES string of the molecule is Cc1ccccc1CN(Cc1cccnc1)C(=O)CSc1ccc(C(F)(F)F)cc1[N+](=O)[O-]. The Hall–Kier alpha value is -3.40. The van der Waals surface area contributed by atoms with Crippen molar-refractivity contribution in [2.45, 2.75) is 31.1 Å². The standard InChI is InChI=1S/C23H20F3N3O3S/c1-16-5-2-3-7-18(16)14-28(13-17-6-4-10-27-12-17)22(30)15-33-21-9-8-19(23(24,25)26)11-20(21)29(31)32/h2-12H,13-15H2,1H3. The first-order valence-electron chi connectivity index (χ1n) is 9.85. The number of carbonyl (C=O) groups excluding carboxylic acids is 1. The van der Waals surface area contributed by atoms with Crippen molar-refractivity contribution in [2.24, 2.45) is 0 Å². The summed E-state index contributed by atoms with van der Waals surface area (Å²) in [4.78, 5) is 29.2. The van der Waals surface area contributed by atoms with Crippen molar-refractivity contribution in [3.05, 3.63) is 99.4 Å². The molecular formula is C23H20F3N3O3S. The summed E-state index contributed by atoms with van der Waals surface area (Å²) in [5, 5.41) is 11.3. The summed E-state index contributed by atoms with van der Waals surface area (Å²) in [6.45, 7) is 2.52. The smallest absolute Gasteiger partial charge is 0.333 e. The summed E-state index contributed by atoms with van der Waals surface area (Å²) < 4.78 is 38.8. The maximum atomic E-state index is 13.1. The van der Waals surface area contributed by atoms with E-state index in [-0.39, 0.29) is 23.1 Å². The highest BCUT2D eigenvalue weighted by Crippen LogP contribution is 2.36. The fourth-order valence-corrected chi connectivity index (χ4v) is 4.03. The summed E-state index contributed by atoms with van der Waals surface area (Å²) in [5.74, 6) is -0.473. The number of hydrogen-bond acceptors (Lipinski definition) is 5. The Kier molecular flexibility index (Phi) is 7.70. The number of alkyl halides is 3. The average molecular weight is 475 g/mol. The van der Waals surface area contributed by atoms with Gasteiger partial charge >= 0.3 is 6.18 Å². The summed E-state index contributed by atoms with van der Waals surface area (Å²) in [6.07, 6.45) is -1.43. The zero-order chi connectivity index (χ0) is 24.0. The lowest BCUT2D eigenvalue weighted by Crippen LogP contribution is -2.31. The number of thioether (sulfide) groups is 1. The molecule has 6 nitrogen and oxygen atoms in total. The minimum atomic E-state index is -4.70. The fraction of sp³-hybridized carbons (Fsp3) is 0.217. The van der Waals surface area contributed by atoms with Gasteiger partial charge < -0.3 is 4.90 Å². The lowest BCUT2D eigenvalue weighted by molar-refractivity contribution is -0.388. The Labute approximate surface area is 192 Å². The minimum absolute atomic E-state index is 0.00132. The fourth-order valence-electron chi connectivity index (χ4n) is 3.13.